The van der Waals surface area contributed by atoms with Gasteiger partial charge in [0.25, 0.3) is 5.56 Å². The minimum Gasteiger partial charge on any atom is -0.476 e. The quantitative estimate of drug-likeness (QED) is 0.551. The van der Waals surface area contributed by atoms with Crippen molar-refractivity contribution in [3.05, 3.63) is 62.4 Å². The maximum Gasteiger partial charge on any atom is 0.356 e. The van der Waals surface area contributed by atoms with Crippen LogP contribution in [0.1, 0.15) is 66.2 Å². The van der Waals surface area contributed by atoms with E-state index in [9.17, 15) is 14.7 Å². The van der Waals surface area contributed by atoms with Crippen LogP contribution in [-0.4, -0.2) is 38.8 Å². The Labute approximate surface area is 195 Å². The molecule has 0 aliphatic carbocycles. The Bertz CT molecular complexity index is 1350. The average molecular weight is 469 g/mol. The van der Waals surface area contributed by atoms with Crippen LogP contribution in [0.4, 0.5) is 5.69 Å². The molecule has 0 unspecified atom stereocenters. The summed E-state index contributed by atoms with van der Waals surface area (Å²) in [5.41, 5.74) is 2.31. The number of aromatic nitrogens is 3. The first kappa shape index (κ1) is 21.9. The first-order chi connectivity index (χ1) is 15.7. The molecule has 4 heterocycles. The molecule has 2 aliphatic heterocycles. The standard InChI is InChI=1S/C24H25ClN4O4/c1-12-8-15(14(3)26-17-4-5-18(25)27-20(17)22(31)32)19-16(9-12)21(30)29-13(2)10-24(23(29)28-19)6-7-33-11-24/h4-5,8-9,13-14,26H,6-7,10-11H2,1-3H3,(H,31,32)/t13-,14+,24-/m0/s1. The van der Waals surface area contributed by atoms with Crippen molar-refractivity contribution < 1.29 is 14.6 Å². The third-order valence-electron chi connectivity index (χ3n) is 6.79. The zero-order valence-electron chi connectivity index (χ0n) is 18.7. The van der Waals surface area contributed by atoms with E-state index in [2.05, 4.69) is 17.2 Å². The summed E-state index contributed by atoms with van der Waals surface area (Å²) in [6.07, 6.45) is 1.69. The molecule has 8 nitrogen and oxygen atoms in total. The number of carboxylic acids is 1. The maximum absolute atomic E-state index is 13.6. The van der Waals surface area contributed by atoms with Crippen molar-refractivity contribution in [2.45, 2.75) is 51.1 Å². The molecule has 2 aliphatic rings. The number of benzene rings is 1. The van der Waals surface area contributed by atoms with Crippen LogP contribution >= 0.6 is 11.6 Å². The molecule has 9 heteroatoms. The second kappa shape index (κ2) is 7.81. The Kier molecular flexibility index (Phi) is 5.17. The lowest BCUT2D eigenvalue weighted by Crippen LogP contribution is -2.29. The lowest BCUT2D eigenvalue weighted by atomic mass is 9.83. The monoisotopic (exact) mass is 468 g/mol. The molecule has 1 saturated heterocycles. The predicted octanol–water partition coefficient (Wildman–Crippen LogP) is 4.25. The Morgan fingerprint density at radius 2 is 2.15 bits per heavy atom. The van der Waals surface area contributed by atoms with Gasteiger partial charge in [0.15, 0.2) is 5.69 Å². The van der Waals surface area contributed by atoms with Gasteiger partial charge in [-0.3, -0.25) is 9.36 Å². The van der Waals surface area contributed by atoms with Gasteiger partial charge in [-0.05, 0) is 57.4 Å². The van der Waals surface area contributed by atoms with Crippen molar-refractivity contribution in [3.63, 3.8) is 0 Å². The van der Waals surface area contributed by atoms with Crippen LogP contribution in [0.15, 0.2) is 29.1 Å². The fourth-order valence-corrected chi connectivity index (χ4v) is 5.46. The molecule has 2 N–H and O–H groups in total. The predicted molar refractivity (Wildman–Crippen MR) is 125 cm³/mol. The van der Waals surface area contributed by atoms with Crippen molar-refractivity contribution >= 4 is 34.2 Å². The zero-order chi connectivity index (χ0) is 23.5. The second-order valence-corrected chi connectivity index (χ2v) is 9.59. The lowest BCUT2D eigenvalue weighted by molar-refractivity contribution is 0.0691. The second-order valence-electron chi connectivity index (χ2n) is 9.20. The van der Waals surface area contributed by atoms with Crippen LogP contribution in [-0.2, 0) is 10.2 Å². The third-order valence-corrected chi connectivity index (χ3v) is 7.00. The molecule has 3 aromatic rings. The van der Waals surface area contributed by atoms with Gasteiger partial charge in [0.1, 0.15) is 11.0 Å². The number of carbonyl (C=O) groups is 1. The number of fused-ring (bicyclic) bond motifs is 3. The highest BCUT2D eigenvalue weighted by Gasteiger charge is 2.47. The largest absolute Gasteiger partial charge is 0.476 e. The number of anilines is 1. The summed E-state index contributed by atoms with van der Waals surface area (Å²) in [4.78, 5) is 34.3. The minimum absolute atomic E-state index is 0.0391. The topological polar surface area (TPSA) is 106 Å². The van der Waals surface area contributed by atoms with Gasteiger partial charge in [-0.1, -0.05) is 17.7 Å². The van der Waals surface area contributed by atoms with Crippen molar-refractivity contribution in [2.24, 2.45) is 0 Å². The summed E-state index contributed by atoms with van der Waals surface area (Å²) in [6.45, 7) is 7.16. The summed E-state index contributed by atoms with van der Waals surface area (Å²) in [6, 6.07) is 6.73. The van der Waals surface area contributed by atoms with Gasteiger partial charge in [0, 0.05) is 18.2 Å². The molecule has 33 heavy (non-hydrogen) atoms. The van der Waals surface area contributed by atoms with Gasteiger partial charge in [0.05, 0.1) is 34.7 Å². The Balaban J connectivity index is 1.66. The van der Waals surface area contributed by atoms with Crippen LogP contribution in [0, 0.1) is 6.92 Å². The number of aryl methyl sites for hydroxylation is 1. The fourth-order valence-electron chi connectivity index (χ4n) is 5.31. The highest BCUT2D eigenvalue weighted by atomic mass is 35.5. The number of aromatic carboxylic acids is 1. The van der Waals surface area contributed by atoms with E-state index in [1.54, 1.807) is 12.1 Å². The van der Waals surface area contributed by atoms with E-state index in [0.29, 0.717) is 29.8 Å². The van der Waals surface area contributed by atoms with Gasteiger partial charge in [-0.25, -0.2) is 14.8 Å². The number of nitrogens with one attached hydrogen (secondary N) is 1. The van der Waals surface area contributed by atoms with E-state index < -0.39 is 5.97 Å². The van der Waals surface area contributed by atoms with E-state index in [1.807, 2.05) is 30.5 Å². The molecule has 0 amide bonds. The van der Waals surface area contributed by atoms with Crippen LogP contribution in [0.2, 0.25) is 5.15 Å². The molecule has 172 valence electrons. The molecular weight excluding hydrogens is 444 g/mol. The van der Waals surface area contributed by atoms with Crippen LogP contribution in [0.3, 0.4) is 0 Å². The number of halogens is 1. The fraction of sp³-hybridized carbons (Fsp3) is 0.417. The van der Waals surface area contributed by atoms with Crippen molar-refractivity contribution in [2.75, 3.05) is 18.5 Å². The molecule has 1 aromatic carbocycles. The molecule has 1 fully saturated rings. The average Bonchev–Trinajstić information content (AvgIpc) is 3.34. The van der Waals surface area contributed by atoms with E-state index >= 15 is 0 Å². The molecule has 0 bridgehead atoms. The van der Waals surface area contributed by atoms with Gasteiger partial charge in [0.2, 0.25) is 0 Å². The van der Waals surface area contributed by atoms with Gasteiger partial charge in [-0.15, -0.1) is 0 Å². The molecule has 5 rings (SSSR count). The van der Waals surface area contributed by atoms with Crippen molar-refractivity contribution in [3.8, 4) is 0 Å². The van der Waals surface area contributed by atoms with E-state index in [4.69, 9.17) is 21.3 Å². The third kappa shape index (κ3) is 3.48. The first-order valence-corrected chi connectivity index (χ1v) is 11.4. The van der Waals surface area contributed by atoms with E-state index in [1.165, 1.54) is 0 Å². The normalized spacial score (nSPS) is 22.6. The number of pyridine rings is 1. The summed E-state index contributed by atoms with van der Waals surface area (Å²) < 4.78 is 7.56. The zero-order valence-corrected chi connectivity index (χ0v) is 19.4. The summed E-state index contributed by atoms with van der Waals surface area (Å²) in [5.74, 6) is -0.380. The molecule has 1 spiro atoms. The summed E-state index contributed by atoms with van der Waals surface area (Å²) in [5, 5.41) is 13.5. The maximum atomic E-state index is 13.6. The molecule has 0 saturated carbocycles. The van der Waals surface area contributed by atoms with Gasteiger partial charge in [-0.2, -0.15) is 0 Å². The Morgan fingerprint density at radius 1 is 1.36 bits per heavy atom. The Hall–Kier alpha value is -2.97. The molecule has 3 atom stereocenters. The minimum atomic E-state index is -1.17. The van der Waals surface area contributed by atoms with Crippen molar-refractivity contribution in [1.29, 1.82) is 0 Å². The summed E-state index contributed by atoms with van der Waals surface area (Å²) >= 11 is 5.90. The lowest BCUT2D eigenvalue weighted by Gasteiger charge is -2.22. The number of ether oxygens (including phenoxy) is 1. The number of hydrogen-bond donors (Lipinski definition) is 2. The van der Waals surface area contributed by atoms with Crippen molar-refractivity contribution in [1.82, 2.24) is 14.5 Å². The highest BCUT2D eigenvalue weighted by molar-refractivity contribution is 6.29. The highest BCUT2D eigenvalue weighted by Crippen LogP contribution is 2.45. The SMILES string of the molecule is Cc1cc([C@@H](C)Nc2ccc(Cl)nc2C(=O)O)c2nc3n(c(=O)c2c1)[C@@H](C)C[C@]31CCOC1. The van der Waals surface area contributed by atoms with E-state index in [-0.39, 0.29) is 33.9 Å². The number of carboxylic acid groups (broad SMARTS) is 1. The smallest absolute Gasteiger partial charge is 0.356 e. The molecule has 0 radical (unpaired) electrons. The molecule has 2 aromatic heterocycles. The molecular formula is C24H25ClN4O4. The van der Waals surface area contributed by atoms with Gasteiger partial charge >= 0.3 is 5.97 Å². The number of nitrogens with zero attached hydrogens (tertiary/aromatic N) is 3. The Morgan fingerprint density at radius 3 is 2.85 bits per heavy atom. The van der Waals surface area contributed by atoms with Crippen LogP contribution in [0.5, 0.6) is 0 Å². The number of hydrogen-bond acceptors (Lipinski definition) is 6. The number of rotatable bonds is 4. The first-order valence-electron chi connectivity index (χ1n) is 11.0. The van der Waals surface area contributed by atoms with Crippen LogP contribution in [0.25, 0.3) is 10.9 Å². The van der Waals surface area contributed by atoms with E-state index in [0.717, 1.165) is 29.8 Å². The van der Waals surface area contributed by atoms with Crippen LogP contribution < -0.4 is 10.9 Å². The van der Waals surface area contributed by atoms with Gasteiger partial charge < -0.3 is 15.2 Å². The summed E-state index contributed by atoms with van der Waals surface area (Å²) in [7, 11) is 0.